The average Bonchev–Trinajstić information content (AvgIpc) is 2.16. The van der Waals surface area contributed by atoms with E-state index in [9.17, 15) is 14.4 Å². The molecule has 0 spiro atoms. The van der Waals surface area contributed by atoms with Crippen molar-refractivity contribution in [3.05, 3.63) is 29.8 Å². The van der Waals surface area contributed by atoms with Crippen molar-refractivity contribution in [3.63, 3.8) is 0 Å². The van der Waals surface area contributed by atoms with Crippen LogP contribution in [0.3, 0.4) is 0 Å². The summed E-state index contributed by atoms with van der Waals surface area (Å²) in [5.41, 5.74) is 0.469. The van der Waals surface area contributed by atoms with Gasteiger partial charge in [-0.15, -0.1) is 0 Å². The molecule has 84 valence electrons. The van der Waals surface area contributed by atoms with E-state index in [0.29, 0.717) is 11.3 Å². The Balaban J connectivity index is 3.11. The highest BCUT2D eigenvalue weighted by molar-refractivity contribution is 7.50. The first-order valence-corrected chi connectivity index (χ1v) is 6.00. The van der Waals surface area contributed by atoms with E-state index in [1.54, 1.807) is 24.3 Å². The van der Waals surface area contributed by atoms with E-state index in [1.165, 1.54) is 21.0 Å². The normalized spacial score (nSPS) is 12.6. The predicted molar refractivity (Wildman–Crippen MR) is 53.6 cm³/mol. The maximum absolute atomic E-state index is 11.0. The fourth-order valence-electron chi connectivity index (χ4n) is 1.16. The van der Waals surface area contributed by atoms with Crippen LogP contribution < -0.4 is 14.5 Å². The van der Waals surface area contributed by atoms with Crippen LogP contribution in [0.25, 0.3) is 0 Å². The Bertz CT molecular complexity index is 377. The second kappa shape index (κ2) is 3.97. The molecule has 15 heavy (non-hydrogen) atoms. The Kier molecular flexibility index (Phi) is 3.24. The molecule has 0 saturated heterocycles. The molecule has 5 heteroatoms. The maximum atomic E-state index is 11.0. The third kappa shape index (κ3) is 2.40. The summed E-state index contributed by atoms with van der Waals surface area (Å²) in [6, 6.07) is 6.43. The Hall–Kier alpha value is -0.830. The van der Waals surface area contributed by atoms with Gasteiger partial charge in [-0.25, -0.2) is 0 Å². The Morgan fingerprint density at radius 2 is 1.67 bits per heavy atom. The summed E-state index contributed by atoms with van der Waals surface area (Å²) in [5, 5.41) is -1.39. The minimum Gasteiger partial charge on any atom is -0.810 e. The van der Waals surface area contributed by atoms with Crippen LogP contribution in [0.2, 0.25) is 0 Å². The molecular formula is C10H13O4P-2. The summed E-state index contributed by atoms with van der Waals surface area (Å²) in [6.45, 7) is 2.80. The highest BCUT2D eigenvalue weighted by Gasteiger charge is 2.24. The maximum Gasteiger partial charge on any atom is 0.118 e. The van der Waals surface area contributed by atoms with Gasteiger partial charge in [0.2, 0.25) is 0 Å². The van der Waals surface area contributed by atoms with Crippen LogP contribution in [0.5, 0.6) is 5.75 Å². The Labute approximate surface area is 89.1 Å². The molecule has 0 N–H and O–H groups in total. The van der Waals surface area contributed by atoms with E-state index in [1.807, 2.05) is 0 Å². The second-order valence-electron chi connectivity index (χ2n) is 3.78. The first-order valence-electron chi connectivity index (χ1n) is 4.46. The molecule has 0 aliphatic carbocycles. The first kappa shape index (κ1) is 12.2. The molecule has 0 fully saturated rings. The highest BCUT2D eigenvalue weighted by Crippen LogP contribution is 2.49. The monoisotopic (exact) mass is 228 g/mol. The lowest BCUT2D eigenvalue weighted by molar-refractivity contribution is -0.320. The van der Waals surface area contributed by atoms with E-state index in [2.05, 4.69) is 0 Å². The summed E-state index contributed by atoms with van der Waals surface area (Å²) in [6.07, 6.45) is 0. The number of hydrogen-bond acceptors (Lipinski definition) is 4. The molecule has 1 rings (SSSR count). The number of methoxy groups -OCH3 is 1. The summed E-state index contributed by atoms with van der Waals surface area (Å²) in [7, 11) is -3.13. The van der Waals surface area contributed by atoms with Gasteiger partial charge in [0.05, 0.1) is 7.11 Å². The fourth-order valence-corrected chi connectivity index (χ4v) is 1.62. The van der Waals surface area contributed by atoms with Gasteiger partial charge in [0, 0.05) is 5.16 Å². The standard InChI is InChI=1S/C10H15O4P/c1-10(2,15(11,12)13)8-4-6-9(14-3)7-5-8/h4-7H,1-3H3,(H2,11,12,13)/p-2. The number of ether oxygens (including phenoxy) is 1. The summed E-state index contributed by atoms with van der Waals surface area (Å²) < 4.78 is 16.0. The van der Waals surface area contributed by atoms with Gasteiger partial charge in [0.15, 0.2) is 0 Å². The van der Waals surface area contributed by atoms with Crippen LogP contribution in [0.4, 0.5) is 0 Å². The van der Waals surface area contributed by atoms with E-state index in [0.717, 1.165) is 0 Å². The van der Waals surface area contributed by atoms with Crippen LogP contribution >= 0.6 is 7.60 Å². The molecule has 0 aromatic heterocycles. The Morgan fingerprint density at radius 3 is 2.00 bits per heavy atom. The molecule has 0 bridgehead atoms. The van der Waals surface area contributed by atoms with Gasteiger partial charge in [-0.1, -0.05) is 33.6 Å². The Morgan fingerprint density at radius 1 is 1.20 bits per heavy atom. The molecule has 0 amide bonds. The summed E-state index contributed by atoms with van der Waals surface area (Å²) >= 11 is 0. The molecular weight excluding hydrogens is 215 g/mol. The molecule has 0 atom stereocenters. The van der Waals surface area contributed by atoms with E-state index in [4.69, 9.17) is 4.74 Å². The molecule has 1 aromatic rings. The van der Waals surface area contributed by atoms with Crippen molar-refractivity contribution in [1.82, 2.24) is 0 Å². The van der Waals surface area contributed by atoms with Gasteiger partial charge in [0.1, 0.15) is 5.75 Å². The van der Waals surface area contributed by atoms with Crippen molar-refractivity contribution < 1.29 is 19.1 Å². The highest BCUT2D eigenvalue weighted by atomic mass is 31.2. The molecule has 0 saturated carbocycles. The molecule has 4 nitrogen and oxygen atoms in total. The lowest BCUT2D eigenvalue weighted by atomic mass is 10.0. The van der Waals surface area contributed by atoms with E-state index < -0.39 is 12.8 Å². The number of rotatable bonds is 3. The van der Waals surface area contributed by atoms with Crippen molar-refractivity contribution in [2.24, 2.45) is 0 Å². The smallest absolute Gasteiger partial charge is 0.118 e. The van der Waals surface area contributed by atoms with Crippen LogP contribution in [-0.2, 0) is 9.72 Å². The van der Waals surface area contributed by atoms with E-state index in [-0.39, 0.29) is 0 Å². The van der Waals surface area contributed by atoms with Crippen molar-refractivity contribution in [2.75, 3.05) is 7.11 Å². The van der Waals surface area contributed by atoms with E-state index >= 15 is 0 Å². The van der Waals surface area contributed by atoms with Gasteiger partial charge < -0.3 is 19.1 Å². The zero-order valence-corrected chi connectivity index (χ0v) is 9.78. The van der Waals surface area contributed by atoms with Gasteiger partial charge in [-0.3, -0.25) is 0 Å². The zero-order chi connectivity index (χ0) is 11.7. The van der Waals surface area contributed by atoms with Crippen molar-refractivity contribution in [2.45, 2.75) is 19.0 Å². The van der Waals surface area contributed by atoms with Gasteiger partial charge >= 0.3 is 0 Å². The van der Waals surface area contributed by atoms with Crippen LogP contribution in [0, 0.1) is 0 Å². The zero-order valence-electron chi connectivity index (χ0n) is 8.89. The van der Waals surface area contributed by atoms with Gasteiger partial charge in [0.25, 0.3) is 0 Å². The first-order chi connectivity index (χ1) is 6.79. The largest absolute Gasteiger partial charge is 0.810 e. The summed E-state index contributed by atoms with van der Waals surface area (Å²) in [5.74, 6) is 0.626. The molecule has 0 unspecified atom stereocenters. The lowest BCUT2D eigenvalue weighted by Crippen LogP contribution is -2.31. The molecule has 1 aromatic carbocycles. The van der Waals surface area contributed by atoms with Crippen molar-refractivity contribution in [1.29, 1.82) is 0 Å². The summed E-state index contributed by atoms with van der Waals surface area (Å²) in [4.78, 5) is 22.1. The molecule has 0 aliphatic rings. The van der Waals surface area contributed by atoms with Crippen LogP contribution in [0.15, 0.2) is 24.3 Å². The molecule has 0 radical (unpaired) electrons. The predicted octanol–water partition coefficient (Wildman–Crippen LogP) is 0.844. The number of benzene rings is 1. The van der Waals surface area contributed by atoms with Crippen molar-refractivity contribution in [3.8, 4) is 5.75 Å². The van der Waals surface area contributed by atoms with Crippen LogP contribution in [0.1, 0.15) is 19.4 Å². The van der Waals surface area contributed by atoms with Gasteiger partial charge in [-0.2, -0.15) is 0 Å². The average molecular weight is 228 g/mol. The fraction of sp³-hybridized carbons (Fsp3) is 0.400. The van der Waals surface area contributed by atoms with Crippen LogP contribution in [-0.4, -0.2) is 7.11 Å². The third-order valence-corrected chi connectivity index (χ3v) is 4.11. The van der Waals surface area contributed by atoms with Gasteiger partial charge in [-0.05, 0) is 17.7 Å². The van der Waals surface area contributed by atoms with Crippen molar-refractivity contribution >= 4 is 7.60 Å². The quantitative estimate of drug-likeness (QED) is 0.719. The molecule has 0 heterocycles. The number of hydrogen-bond donors (Lipinski definition) is 0. The topological polar surface area (TPSA) is 72.4 Å². The second-order valence-corrected chi connectivity index (χ2v) is 5.90. The minimum absolute atomic E-state index is 0.469. The lowest BCUT2D eigenvalue weighted by Gasteiger charge is -2.45. The SMILES string of the molecule is COc1ccc(C(C)(C)P(=O)([O-])[O-])cc1. The molecule has 0 aliphatic heterocycles. The third-order valence-electron chi connectivity index (χ3n) is 2.48. The minimum atomic E-state index is -4.65.